The number of ether oxygens (including phenoxy) is 1. The van der Waals surface area contributed by atoms with Gasteiger partial charge >= 0.3 is 0 Å². The molecule has 0 fully saturated rings. The molecule has 0 aromatic heterocycles. The van der Waals surface area contributed by atoms with Gasteiger partial charge in [-0.25, -0.2) is 0 Å². The molecule has 4 aliphatic rings. The number of hydrogen-bond acceptors (Lipinski definition) is 3. The number of benzene rings is 8. The number of hydrogen-bond donors (Lipinski definition) is 1. The predicted molar refractivity (Wildman–Crippen MR) is 233 cm³/mol. The summed E-state index contributed by atoms with van der Waals surface area (Å²) in [6.07, 6.45) is 7.39. The van der Waals surface area contributed by atoms with Crippen LogP contribution in [-0.4, -0.2) is 5.71 Å². The van der Waals surface area contributed by atoms with Crippen molar-refractivity contribution in [3.63, 3.8) is 0 Å². The summed E-state index contributed by atoms with van der Waals surface area (Å²) in [5.74, 6) is 1.78. The van der Waals surface area contributed by atoms with Gasteiger partial charge < -0.3 is 10.1 Å². The summed E-state index contributed by atoms with van der Waals surface area (Å²) in [4.78, 5) is 5.45. The Morgan fingerprint density at radius 2 is 1.25 bits per heavy atom. The maximum atomic E-state index is 6.77. The van der Waals surface area contributed by atoms with E-state index in [-0.39, 0.29) is 6.17 Å². The highest BCUT2D eigenvalue weighted by Gasteiger charge is 2.51. The molecule has 0 radical (unpaired) electrons. The molecule has 268 valence electrons. The van der Waals surface area contributed by atoms with Crippen molar-refractivity contribution < 1.29 is 4.74 Å². The second-order valence-corrected chi connectivity index (χ2v) is 15.4. The van der Waals surface area contributed by atoms with E-state index in [1.54, 1.807) is 0 Å². The van der Waals surface area contributed by atoms with Crippen LogP contribution in [0.4, 0.5) is 0 Å². The maximum Gasteiger partial charge on any atom is 0.146 e. The quantitative estimate of drug-likeness (QED) is 0.196. The zero-order chi connectivity index (χ0) is 37.5. The molecule has 0 saturated carbocycles. The SMILES string of the molecule is C1=Cc2cc(C3=CC(c4ccccc4)=NC(c4ccccc4-c4ccc5c(c4)C4(c6ccccc6O5)c5ccccc5-c5ccccc54)N3)cc3cccc(c23)C1. The van der Waals surface area contributed by atoms with E-state index >= 15 is 0 Å². The topological polar surface area (TPSA) is 33.6 Å². The minimum absolute atomic E-state index is 0.333. The molecule has 1 atom stereocenters. The Labute approximate surface area is 332 Å². The van der Waals surface area contributed by atoms with Crippen LogP contribution in [0.2, 0.25) is 0 Å². The van der Waals surface area contributed by atoms with Crippen molar-refractivity contribution in [1.29, 1.82) is 0 Å². The van der Waals surface area contributed by atoms with Gasteiger partial charge in [-0.1, -0.05) is 158 Å². The monoisotopic (exact) mass is 728 g/mol. The fraction of sp³-hybridized carbons (Fsp3) is 0.0556. The Morgan fingerprint density at radius 1 is 0.544 bits per heavy atom. The zero-order valence-electron chi connectivity index (χ0n) is 31.1. The van der Waals surface area contributed by atoms with Gasteiger partial charge in [0.05, 0.1) is 11.1 Å². The van der Waals surface area contributed by atoms with E-state index in [4.69, 9.17) is 9.73 Å². The molecule has 0 amide bonds. The third-order valence-corrected chi connectivity index (χ3v) is 12.4. The van der Waals surface area contributed by atoms with Crippen LogP contribution in [0.25, 0.3) is 44.8 Å². The number of nitrogens with one attached hydrogen (secondary N) is 1. The fourth-order valence-electron chi connectivity index (χ4n) is 9.95. The van der Waals surface area contributed by atoms with E-state index in [0.717, 1.165) is 68.3 Å². The number of aliphatic imine (C=N–C) groups is 1. The first-order valence-corrected chi connectivity index (χ1v) is 19.8. The highest BCUT2D eigenvalue weighted by molar-refractivity contribution is 6.13. The summed E-state index contributed by atoms with van der Waals surface area (Å²) in [7, 11) is 0. The van der Waals surface area contributed by atoms with E-state index in [1.165, 1.54) is 44.2 Å². The third kappa shape index (κ3) is 4.76. The molecule has 1 spiro atoms. The molecule has 8 aromatic carbocycles. The van der Waals surface area contributed by atoms with Gasteiger partial charge in [0.2, 0.25) is 0 Å². The summed E-state index contributed by atoms with van der Waals surface area (Å²) in [5, 5.41) is 6.53. The smallest absolute Gasteiger partial charge is 0.146 e. The van der Waals surface area contributed by atoms with E-state index in [1.807, 2.05) is 0 Å². The van der Waals surface area contributed by atoms with Gasteiger partial charge in [-0.3, -0.25) is 4.99 Å². The van der Waals surface area contributed by atoms with Crippen LogP contribution in [-0.2, 0) is 11.8 Å². The van der Waals surface area contributed by atoms with Crippen molar-refractivity contribution >= 4 is 28.3 Å². The fourth-order valence-corrected chi connectivity index (χ4v) is 9.95. The Morgan fingerprint density at radius 3 is 2.07 bits per heavy atom. The van der Waals surface area contributed by atoms with Crippen molar-refractivity contribution in [2.24, 2.45) is 4.99 Å². The summed E-state index contributed by atoms with van der Waals surface area (Å²) in [6, 6.07) is 63.7. The summed E-state index contributed by atoms with van der Waals surface area (Å²) in [5.41, 5.74) is 17.1. The number of allylic oxidation sites excluding steroid dienone is 2. The first-order valence-electron chi connectivity index (χ1n) is 19.8. The van der Waals surface area contributed by atoms with Crippen molar-refractivity contribution in [3.8, 4) is 33.8 Å². The van der Waals surface area contributed by atoms with Crippen LogP contribution in [0.5, 0.6) is 11.5 Å². The molecule has 1 N–H and O–H groups in total. The van der Waals surface area contributed by atoms with Crippen LogP contribution in [0.3, 0.4) is 0 Å². The van der Waals surface area contributed by atoms with E-state index in [2.05, 4.69) is 199 Å². The normalized spacial score (nSPS) is 16.4. The molecular formula is C54H36N2O. The molecule has 2 aliphatic heterocycles. The molecule has 2 heterocycles. The van der Waals surface area contributed by atoms with Crippen LogP contribution in [0.1, 0.15) is 56.2 Å². The molecule has 3 nitrogen and oxygen atoms in total. The molecule has 57 heavy (non-hydrogen) atoms. The lowest BCUT2D eigenvalue weighted by molar-refractivity contribution is 0.436. The van der Waals surface area contributed by atoms with Crippen LogP contribution in [0, 0.1) is 0 Å². The van der Waals surface area contributed by atoms with Gasteiger partial charge in [-0.2, -0.15) is 0 Å². The Bertz CT molecular complexity index is 3010. The lowest BCUT2D eigenvalue weighted by atomic mass is 9.65. The molecule has 0 bridgehead atoms. The van der Waals surface area contributed by atoms with E-state index in [0.29, 0.717) is 0 Å². The Kier molecular flexibility index (Phi) is 6.97. The number of fused-ring (bicyclic) bond motifs is 9. The van der Waals surface area contributed by atoms with Crippen LogP contribution in [0.15, 0.2) is 193 Å². The standard InChI is InChI=1S/C54H36N2O/c1-2-14-34(15-3-1)48-33-49(39-30-37-18-12-16-35-17-13-19-38(31-39)52(35)37)56-53(55-48)43-23-5-4-20-40(43)36-28-29-51-47(32-36)54(46-26-10-11-27-50(46)57-51)44-24-8-6-21-41(44)42-22-7-9-25-45(42)54/h1-16,18-33,53,56H,17H2. The lowest BCUT2D eigenvalue weighted by Crippen LogP contribution is -2.32. The zero-order valence-corrected chi connectivity index (χ0v) is 31.1. The van der Waals surface area contributed by atoms with Crippen LogP contribution >= 0.6 is 0 Å². The highest BCUT2D eigenvalue weighted by Crippen LogP contribution is 2.62. The molecule has 0 saturated heterocycles. The predicted octanol–water partition coefficient (Wildman–Crippen LogP) is 12.7. The lowest BCUT2D eigenvalue weighted by Gasteiger charge is -2.39. The average molecular weight is 729 g/mol. The average Bonchev–Trinajstić information content (AvgIpc) is 3.57. The number of nitrogens with zero attached hydrogens (tertiary/aromatic N) is 1. The minimum atomic E-state index is -0.537. The summed E-state index contributed by atoms with van der Waals surface area (Å²) < 4.78 is 6.77. The second kappa shape index (κ2) is 12.4. The molecule has 2 aliphatic carbocycles. The summed E-state index contributed by atoms with van der Waals surface area (Å²) >= 11 is 0. The van der Waals surface area contributed by atoms with Gasteiger partial charge in [0, 0.05) is 22.4 Å². The van der Waals surface area contributed by atoms with Crippen LogP contribution < -0.4 is 10.1 Å². The maximum absolute atomic E-state index is 6.77. The largest absolute Gasteiger partial charge is 0.457 e. The Hall–Kier alpha value is -7.23. The van der Waals surface area contributed by atoms with Crippen molar-refractivity contribution in [2.45, 2.75) is 18.0 Å². The molecule has 12 rings (SSSR count). The minimum Gasteiger partial charge on any atom is -0.457 e. The molecular weight excluding hydrogens is 693 g/mol. The van der Waals surface area contributed by atoms with Gasteiger partial charge in [0.25, 0.3) is 0 Å². The Balaban J connectivity index is 1.03. The van der Waals surface area contributed by atoms with Crippen molar-refractivity contribution in [2.75, 3.05) is 0 Å². The van der Waals surface area contributed by atoms with E-state index in [9.17, 15) is 0 Å². The first kappa shape index (κ1) is 32.1. The molecule has 1 unspecified atom stereocenters. The second-order valence-electron chi connectivity index (χ2n) is 15.4. The number of para-hydroxylation sites is 1. The number of rotatable bonds is 4. The van der Waals surface area contributed by atoms with E-state index < -0.39 is 5.41 Å². The first-order chi connectivity index (χ1) is 28.2. The van der Waals surface area contributed by atoms with Gasteiger partial charge in [0.1, 0.15) is 17.7 Å². The third-order valence-electron chi connectivity index (χ3n) is 12.4. The van der Waals surface area contributed by atoms with Gasteiger partial charge in [-0.15, -0.1) is 0 Å². The van der Waals surface area contributed by atoms with Gasteiger partial charge in [0.15, 0.2) is 0 Å². The van der Waals surface area contributed by atoms with Crippen molar-refractivity contribution in [1.82, 2.24) is 5.32 Å². The summed E-state index contributed by atoms with van der Waals surface area (Å²) in [6.45, 7) is 0. The molecule has 8 aromatic rings. The van der Waals surface area contributed by atoms with Crippen molar-refractivity contribution in [3.05, 3.63) is 238 Å². The molecule has 3 heteroatoms. The van der Waals surface area contributed by atoms with Gasteiger partial charge in [-0.05, 0) is 109 Å². The highest BCUT2D eigenvalue weighted by atomic mass is 16.5.